The van der Waals surface area contributed by atoms with Crippen molar-refractivity contribution in [1.29, 1.82) is 0 Å². The number of amides is 2. The number of rotatable bonds is 2. The van der Waals surface area contributed by atoms with Crippen LogP contribution in [-0.2, 0) is 0 Å². The molecular weight excluding hydrogens is 263 g/mol. The van der Waals surface area contributed by atoms with Gasteiger partial charge in [-0.15, -0.1) is 0 Å². The number of urea groups is 1. The Bertz CT molecular complexity index is 704. The highest BCUT2D eigenvalue weighted by molar-refractivity contribution is 5.99. The maximum atomic E-state index is 13.3. The van der Waals surface area contributed by atoms with Crippen LogP contribution < -0.4 is 16.1 Å². The molecule has 0 spiro atoms. The molecular formula is C14H11FN2O3. The second-order valence-electron chi connectivity index (χ2n) is 3.93. The van der Waals surface area contributed by atoms with Crippen LogP contribution in [0.1, 0.15) is 0 Å². The highest BCUT2D eigenvalue weighted by atomic mass is 19.1. The molecule has 0 saturated carbocycles. The molecule has 0 aliphatic carbocycles. The zero-order valence-corrected chi connectivity index (χ0v) is 10.3. The van der Waals surface area contributed by atoms with Gasteiger partial charge in [0, 0.05) is 5.69 Å². The lowest BCUT2D eigenvalue weighted by atomic mass is 10.3. The van der Waals surface area contributed by atoms with Gasteiger partial charge in [0.2, 0.25) is 5.43 Å². The molecule has 0 aromatic heterocycles. The summed E-state index contributed by atoms with van der Waals surface area (Å²) in [5.41, 5.74) is -0.235. The number of benzene rings is 1. The van der Waals surface area contributed by atoms with E-state index in [0.717, 1.165) is 6.07 Å². The average molecular weight is 274 g/mol. The number of hydrogen-bond acceptors (Lipinski definition) is 3. The van der Waals surface area contributed by atoms with E-state index in [9.17, 15) is 19.1 Å². The fourth-order valence-corrected chi connectivity index (χ4v) is 1.49. The molecule has 0 saturated heterocycles. The Labute approximate surface area is 113 Å². The number of para-hydroxylation sites is 1. The number of carbonyl (C=O) groups excluding carboxylic acids is 1. The van der Waals surface area contributed by atoms with Crippen LogP contribution in [0.4, 0.5) is 20.6 Å². The smallest absolute Gasteiger partial charge is 0.323 e. The molecule has 5 nitrogen and oxygen atoms in total. The summed E-state index contributed by atoms with van der Waals surface area (Å²) in [6, 6.07) is 10.1. The van der Waals surface area contributed by atoms with Gasteiger partial charge in [0.05, 0.1) is 5.69 Å². The summed E-state index contributed by atoms with van der Waals surface area (Å²) in [4.78, 5) is 22.8. The standard InChI is InChI=1S/C14H11FN2O3/c15-10-3-1-2-4-11(10)17-14(20)16-9-5-7-12(18)13(19)8-6-9/h1-8H,(H,18,19)(H2,16,17,20). The van der Waals surface area contributed by atoms with Crippen LogP contribution in [0.15, 0.2) is 53.3 Å². The average Bonchev–Trinajstić information content (AvgIpc) is 2.57. The number of halogens is 1. The lowest BCUT2D eigenvalue weighted by molar-refractivity contribution is 0.262. The van der Waals surface area contributed by atoms with Gasteiger partial charge in [0.1, 0.15) is 5.82 Å². The zero-order valence-electron chi connectivity index (χ0n) is 10.3. The molecule has 0 aliphatic rings. The van der Waals surface area contributed by atoms with Crippen molar-refractivity contribution >= 4 is 17.4 Å². The number of aromatic hydroxyl groups is 1. The van der Waals surface area contributed by atoms with Gasteiger partial charge in [0.15, 0.2) is 5.75 Å². The highest BCUT2D eigenvalue weighted by Gasteiger charge is 2.06. The molecule has 0 aliphatic heterocycles. The summed E-state index contributed by atoms with van der Waals surface area (Å²) in [7, 11) is 0. The molecule has 20 heavy (non-hydrogen) atoms. The monoisotopic (exact) mass is 274 g/mol. The summed E-state index contributed by atoms with van der Waals surface area (Å²) in [6.07, 6.45) is 0. The third-order valence-electron chi connectivity index (χ3n) is 2.47. The lowest BCUT2D eigenvalue weighted by Crippen LogP contribution is -2.19. The maximum Gasteiger partial charge on any atom is 0.323 e. The van der Waals surface area contributed by atoms with E-state index in [2.05, 4.69) is 10.6 Å². The molecule has 102 valence electrons. The van der Waals surface area contributed by atoms with Crippen LogP contribution in [0.5, 0.6) is 5.75 Å². The summed E-state index contributed by atoms with van der Waals surface area (Å²) in [5, 5.41) is 14.0. The SMILES string of the molecule is O=C(Nc1ccc(O)c(=O)cc1)Nc1ccccc1F. The van der Waals surface area contributed by atoms with Gasteiger partial charge in [-0.25, -0.2) is 9.18 Å². The molecule has 2 rings (SSSR count). The fourth-order valence-electron chi connectivity index (χ4n) is 1.49. The van der Waals surface area contributed by atoms with Crippen LogP contribution in [0.3, 0.4) is 0 Å². The minimum absolute atomic E-state index is 0.0395. The molecule has 0 fully saturated rings. The zero-order chi connectivity index (χ0) is 14.5. The molecule has 0 bridgehead atoms. The van der Waals surface area contributed by atoms with Crippen LogP contribution in [-0.4, -0.2) is 11.1 Å². The first-order valence-corrected chi connectivity index (χ1v) is 5.72. The van der Waals surface area contributed by atoms with E-state index < -0.39 is 23.0 Å². The van der Waals surface area contributed by atoms with Crippen molar-refractivity contribution in [3.8, 4) is 5.75 Å². The molecule has 0 unspecified atom stereocenters. The predicted octanol–water partition coefficient (Wildman–Crippen LogP) is 2.54. The van der Waals surface area contributed by atoms with Crippen LogP contribution >= 0.6 is 0 Å². The van der Waals surface area contributed by atoms with E-state index in [1.54, 1.807) is 6.07 Å². The summed E-state index contributed by atoms with van der Waals surface area (Å²) in [6.45, 7) is 0. The molecule has 2 amide bonds. The lowest BCUT2D eigenvalue weighted by Gasteiger charge is -2.07. The molecule has 0 heterocycles. The van der Waals surface area contributed by atoms with Gasteiger partial charge in [-0.05, 0) is 36.4 Å². The highest BCUT2D eigenvalue weighted by Crippen LogP contribution is 2.13. The van der Waals surface area contributed by atoms with Crippen molar-refractivity contribution in [2.75, 3.05) is 10.6 Å². The second-order valence-corrected chi connectivity index (χ2v) is 3.93. The Balaban J connectivity index is 2.11. The van der Waals surface area contributed by atoms with E-state index >= 15 is 0 Å². The Morgan fingerprint density at radius 2 is 1.70 bits per heavy atom. The van der Waals surface area contributed by atoms with E-state index in [-0.39, 0.29) is 11.4 Å². The van der Waals surface area contributed by atoms with Gasteiger partial charge in [-0.1, -0.05) is 12.1 Å². The fraction of sp³-hybridized carbons (Fsp3) is 0. The normalized spacial score (nSPS) is 9.85. The first-order valence-electron chi connectivity index (χ1n) is 5.72. The Hall–Kier alpha value is -2.89. The van der Waals surface area contributed by atoms with Crippen molar-refractivity contribution < 1.29 is 14.3 Å². The van der Waals surface area contributed by atoms with E-state index in [1.165, 1.54) is 36.4 Å². The van der Waals surface area contributed by atoms with Gasteiger partial charge in [-0.2, -0.15) is 0 Å². The van der Waals surface area contributed by atoms with Crippen molar-refractivity contribution in [2.24, 2.45) is 0 Å². The van der Waals surface area contributed by atoms with Crippen LogP contribution in [0.25, 0.3) is 0 Å². The summed E-state index contributed by atoms with van der Waals surface area (Å²) in [5.74, 6) is -0.978. The van der Waals surface area contributed by atoms with E-state index in [0.29, 0.717) is 0 Å². The molecule has 0 radical (unpaired) electrons. The molecule has 6 heteroatoms. The number of nitrogens with one attached hydrogen (secondary N) is 2. The number of carbonyl (C=O) groups is 1. The predicted molar refractivity (Wildman–Crippen MR) is 73.4 cm³/mol. The summed E-state index contributed by atoms with van der Waals surface area (Å²) >= 11 is 0. The van der Waals surface area contributed by atoms with Crippen LogP contribution in [0, 0.1) is 5.82 Å². The van der Waals surface area contributed by atoms with E-state index in [1.807, 2.05) is 0 Å². The molecule has 3 N–H and O–H groups in total. The molecule has 0 atom stereocenters. The quantitative estimate of drug-likeness (QED) is 0.787. The topological polar surface area (TPSA) is 78.4 Å². The number of anilines is 2. The van der Waals surface area contributed by atoms with E-state index in [4.69, 9.17) is 0 Å². The van der Waals surface area contributed by atoms with Crippen molar-refractivity contribution in [3.63, 3.8) is 0 Å². The minimum Gasteiger partial charge on any atom is -0.504 e. The van der Waals surface area contributed by atoms with Gasteiger partial charge in [-0.3, -0.25) is 4.79 Å². The Morgan fingerprint density at radius 3 is 2.45 bits per heavy atom. The summed E-state index contributed by atoms with van der Waals surface area (Å²) < 4.78 is 13.3. The Morgan fingerprint density at radius 1 is 1.00 bits per heavy atom. The second kappa shape index (κ2) is 5.83. The Kier molecular flexibility index (Phi) is 3.95. The van der Waals surface area contributed by atoms with Gasteiger partial charge in [0.25, 0.3) is 0 Å². The van der Waals surface area contributed by atoms with Crippen molar-refractivity contribution in [2.45, 2.75) is 0 Å². The molecule has 2 aromatic carbocycles. The van der Waals surface area contributed by atoms with Gasteiger partial charge < -0.3 is 15.7 Å². The third kappa shape index (κ3) is 3.32. The molecule has 2 aromatic rings. The minimum atomic E-state index is -0.659. The van der Waals surface area contributed by atoms with Crippen molar-refractivity contribution in [3.05, 3.63) is 64.6 Å². The maximum absolute atomic E-state index is 13.3. The van der Waals surface area contributed by atoms with Crippen LogP contribution in [0.2, 0.25) is 0 Å². The van der Waals surface area contributed by atoms with Gasteiger partial charge >= 0.3 is 6.03 Å². The first-order chi connectivity index (χ1) is 9.56. The third-order valence-corrected chi connectivity index (χ3v) is 2.47. The number of hydrogen-bond donors (Lipinski definition) is 3. The van der Waals surface area contributed by atoms with Crippen molar-refractivity contribution in [1.82, 2.24) is 0 Å². The first kappa shape index (κ1) is 13.5. The largest absolute Gasteiger partial charge is 0.504 e.